The molecule has 0 radical (unpaired) electrons. The van der Waals surface area contributed by atoms with Gasteiger partial charge in [0.25, 0.3) is 0 Å². The van der Waals surface area contributed by atoms with Gasteiger partial charge < -0.3 is 9.64 Å². The maximum atomic E-state index is 5.04. The fourth-order valence-corrected chi connectivity index (χ4v) is 4.66. The number of anilines is 1. The third-order valence-electron chi connectivity index (χ3n) is 6.18. The summed E-state index contributed by atoms with van der Waals surface area (Å²) in [7, 11) is 5.80. The van der Waals surface area contributed by atoms with E-state index in [2.05, 4.69) is 140 Å². The lowest BCUT2D eigenvalue weighted by atomic mass is 9.84. The fourth-order valence-electron chi connectivity index (χ4n) is 4.05. The maximum absolute atomic E-state index is 5.04. The van der Waals surface area contributed by atoms with E-state index in [1.54, 1.807) is 18.9 Å². The highest BCUT2D eigenvalue weighted by Gasteiger charge is 2.14. The van der Waals surface area contributed by atoms with Crippen molar-refractivity contribution in [2.45, 2.75) is 114 Å². The first-order chi connectivity index (χ1) is 22.4. The van der Waals surface area contributed by atoms with E-state index in [4.69, 9.17) is 4.74 Å². The molecule has 0 aliphatic heterocycles. The summed E-state index contributed by atoms with van der Waals surface area (Å²) >= 11 is 1.80. The van der Waals surface area contributed by atoms with E-state index in [-0.39, 0.29) is 5.41 Å². The van der Waals surface area contributed by atoms with Crippen LogP contribution in [0.15, 0.2) is 102 Å². The van der Waals surface area contributed by atoms with Crippen LogP contribution in [0.1, 0.15) is 104 Å². The van der Waals surface area contributed by atoms with E-state index in [0.717, 1.165) is 5.75 Å². The number of methoxy groups -OCH3 is 1. The van der Waals surface area contributed by atoms with Gasteiger partial charge in [-0.25, -0.2) is 0 Å². The van der Waals surface area contributed by atoms with Crippen LogP contribution in [0.2, 0.25) is 0 Å². The summed E-state index contributed by atoms with van der Waals surface area (Å²) in [5.74, 6) is 0.956. The highest BCUT2D eigenvalue weighted by Crippen LogP contribution is 2.24. The second-order valence-corrected chi connectivity index (χ2v) is 11.5. The molecule has 0 aliphatic rings. The molecule has 0 N–H and O–H groups in total. The van der Waals surface area contributed by atoms with Crippen LogP contribution in [0.3, 0.4) is 0 Å². The maximum Gasteiger partial charge on any atom is 0.121 e. The first-order valence-corrected chi connectivity index (χ1v) is 18.6. The summed E-state index contributed by atoms with van der Waals surface area (Å²) in [6.07, 6.45) is 2.10. The summed E-state index contributed by atoms with van der Waals surface area (Å²) in [5.41, 5.74) is 8.28. The van der Waals surface area contributed by atoms with Crippen LogP contribution in [-0.4, -0.2) is 27.5 Å². The number of hydrogen-bond donors (Lipinski definition) is 0. The van der Waals surface area contributed by atoms with Crippen molar-refractivity contribution in [2.24, 2.45) is 0 Å². The van der Waals surface area contributed by atoms with Crippen molar-refractivity contribution in [3.05, 3.63) is 125 Å². The van der Waals surface area contributed by atoms with Gasteiger partial charge in [0.05, 0.1) is 7.11 Å². The molecule has 4 aromatic rings. The van der Waals surface area contributed by atoms with Gasteiger partial charge in [-0.05, 0) is 85.4 Å². The van der Waals surface area contributed by atoms with Crippen LogP contribution in [0.25, 0.3) is 0 Å². The van der Waals surface area contributed by atoms with Gasteiger partial charge in [0.15, 0.2) is 0 Å². The van der Waals surface area contributed by atoms with Gasteiger partial charge >= 0.3 is 0 Å². The number of aryl methyl sites for hydroxylation is 4. The SMILES string of the molecule is CC.CC.CC.CC.COc1ccccc1C.CSc1ccccc1C.Cc1ccccc1C(C)(C)C.Cc1ccccc1N(C)C. The zero-order chi connectivity index (χ0) is 37.4. The molecule has 0 saturated heterocycles. The molecular formula is C44H73NOS. The molecule has 47 heavy (non-hydrogen) atoms. The Bertz CT molecular complexity index is 1200. The van der Waals surface area contributed by atoms with Gasteiger partial charge in [-0.2, -0.15) is 0 Å². The topological polar surface area (TPSA) is 12.5 Å². The highest BCUT2D eigenvalue weighted by atomic mass is 32.2. The smallest absolute Gasteiger partial charge is 0.121 e. The second-order valence-electron chi connectivity index (χ2n) is 10.7. The van der Waals surface area contributed by atoms with Gasteiger partial charge in [-0.1, -0.05) is 155 Å². The van der Waals surface area contributed by atoms with E-state index in [1.807, 2.05) is 86.6 Å². The quantitative estimate of drug-likeness (QED) is 0.202. The molecule has 0 atom stereocenters. The Morgan fingerprint density at radius 1 is 0.511 bits per heavy atom. The number of ether oxygens (including phenoxy) is 1. The molecule has 0 unspecified atom stereocenters. The van der Waals surface area contributed by atoms with Gasteiger partial charge in [0, 0.05) is 24.7 Å². The Kier molecular flexibility index (Phi) is 35.3. The van der Waals surface area contributed by atoms with Crippen molar-refractivity contribution in [3.8, 4) is 5.75 Å². The van der Waals surface area contributed by atoms with E-state index in [1.165, 1.54) is 38.4 Å². The van der Waals surface area contributed by atoms with Crippen molar-refractivity contribution >= 4 is 17.4 Å². The Morgan fingerprint density at radius 2 is 0.894 bits per heavy atom. The van der Waals surface area contributed by atoms with Gasteiger partial charge in [0.1, 0.15) is 5.75 Å². The van der Waals surface area contributed by atoms with Gasteiger partial charge in [-0.15, -0.1) is 11.8 Å². The lowest BCUT2D eigenvalue weighted by molar-refractivity contribution is 0.411. The molecule has 0 spiro atoms. The number of nitrogens with zero attached hydrogens (tertiary/aromatic N) is 1. The molecule has 0 aliphatic carbocycles. The summed E-state index contributed by atoms with van der Waals surface area (Å²) in [6, 6.07) is 33.3. The van der Waals surface area contributed by atoms with Gasteiger partial charge in [-0.3, -0.25) is 0 Å². The van der Waals surface area contributed by atoms with Crippen LogP contribution >= 0.6 is 11.8 Å². The normalized spacial score (nSPS) is 8.83. The number of benzene rings is 4. The molecule has 0 amide bonds. The van der Waals surface area contributed by atoms with E-state index >= 15 is 0 Å². The third kappa shape index (κ3) is 23.8. The van der Waals surface area contributed by atoms with Gasteiger partial charge in [0.2, 0.25) is 0 Å². The molecular weight excluding hydrogens is 591 g/mol. The van der Waals surface area contributed by atoms with Crippen LogP contribution in [-0.2, 0) is 5.41 Å². The van der Waals surface area contributed by atoms with Crippen molar-refractivity contribution in [3.63, 3.8) is 0 Å². The van der Waals surface area contributed by atoms with E-state index < -0.39 is 0 Å². The molecule has 2 nitrogen and oxygen atoms in total. The monoisotopic (exact) mass is 664 g/mol. The van der Waals surface area contributed by atoms with E-state index in [9.17, 15) is 0 Å². The minimum absolute atomic E-state index is 0.283. The molecule has 0 fully saturated rings. The van der Waals surface area contributed by atoms with Crippen LogP contribution in [0.4, 0.5) is 5.69 Å². The minimum Gasteiger partial charge on any atom is -0.496 e. The largest absolute Gasteiger partial charge is 0.496 e. The number of hydrogen-bond acceptors (Lipinski definition) is 3. The third-order valence-corrected chi connectivity index (χ3v) is 7.08. The first-order valence-electron chi connectivity index (χ1n) is 17.4. The molecule has 0 saturated carbocycles. The van der Waals surface area contributed by atoms with Crippen LogP contribution in [0, 0.1) is 27.7 Å². The summed E-state index contributed by atoms with van der Waals surface area (Å²) < 4.78 is 5.04. The van der Waals surface area contributed by atoms with Crippen LogP contribution < -0.4 is 9.64 Å². The Morgan fingerprint density at radius 3 is 1.17 bits per heavy atom. The fraction of sp³-hybridized carbons (Fsp3) is 0.455. The highest BCUT2D eigenvalue weighted by molar-refractivity contribution is 7.98. The molecule has 4 aromatic carbocycles. The number of rotatable bonds is 3. The molecule has 4 rings (SSSR count). The predicted octanol–water partition coefficient (Wildman–Crippen LogP) is 14.2. The first kappa shape index (κ1) is 50.7. The number of para-hydroxylation sites is 2. The molecule has 0 heterocycles. The minimum atomic E-state index is 0.283. The standard InChI is InChI=1S/C11H16.C9H13N.C8H10O.C8H10S.4C2H6/c1-9-7-5-6-8-10(9)11(2,3)4;1-8-6-4-5-7-9(8)10(2)3;2*1-7-5-3-4-6-8(7)9-2;4*1-2/h5-8H,1-4H3;4-7H,1-3H3;2*3-6H,1-2H3;4*1-2H3. The molecule has 266 valence electrons. The van der Waals surface area contributed by atoms with Crippen molar-refractivity contribution < 1.29 is 4.74 Å². The summed E-state index contributed by atoms with van der Waals surface area (Å²) in [5, 5.41) is 0. The zero-order valence-electron chi connectivity index (χ0n) is 34.0. The Balaban J connectivity index is -0.000000245. The predicted molar refractivity (Wildman–Crippen MR) is 221 cm³/mol. The Labute approximate surface area is 298 Å². The van der Waals surface area contributed by atoms with E-state index in [0.29, 0.717) is 0 Å². The van der Waals surface area contributed by atoms with Crippen molar-refractivity contribution in [2.75, 3.05) is 32.4 Å². The summed E-state index contributed by atoms with van der Waals surface area (Å²) in [6.45, 7) is 31.2. The van der Waals surface area contributed by atoms with Crippen molar-refractivity contribution in [1.29, 1.82) is 0 Å². The van der Waals surface area contributed by atoms with Crippen LogP contribution in [0.5, 0.6) is 5.75 Å². The lowest BCUT2D eigenvalue weighted by Crippen LogP contribution is -2.12. The van der Waals surface area contributed by atoms with Crippen molar-refractivity contribution in [1.82, 2.24) is 0 Å². The lowest BCUT2D eigenvalue weighted by Gasteiger charge is -2.21. The molecule has 3 heteroatoms. The Hall–Kier alpha value is -3.17. The zero-order valence-corrected chi connectivity index (χ0v) is 34.8. The average Bonchev–Trinajstić information content (AvgIpc) is 3.09. The summed E-state index contributed by atoms with van der Waals surface area (Å²) in [4.78, 5) is 3.49. The molecule has 0 aromatic heterocycles. The number of thioether (sulfide) groups is 1. The average molecular weight is 664 g/mol. The second kappa shape index (κ2) is 32.8. The molecule has 0 bridgehead atoms.